The van der Waals surface area contributed by atoms with Crippen LogP contribution in [0.3, 0.4) is 0 Å². The van der Waals surface area contributed by atoms with E-state index in [4.69, 9.17) is 14.4 Å². The van der Waals surface area contributed by atoms with Crippen LogP contribution in [-0.4, -0.2) is 60.9 Å². The first-order valence-electron chi connectivity index (χ1n) is 10.2. The van der Waals surface area contributed by atoms with E-state index >= 15 is 0 Å². The van der Waals surface area contributed by atoms with Crippen molar-refractivity contribution in [2.75, 3.05) is 26.3 Å². The Morgan fingerprint density at radius 3 is 2.17 bits per heavy atom. The van der Waals surface area contributed by atoms with Crippen molar-refractivity contribution in [3.8, 4) is 0 Å². The highest BCUT2D eigenvalue weighted by Gasteiger charge is 2.28. The van der Waals surface area contributed by atoms with Gasteiger partial charge in [-0.1, -0.05) is 26.7 Å². The maximum Gasteiger partial charge on any atom is 0.407 e. The smallest absolute Gasteiger partial charge is 0.407 e. The van der Waals surface area contributed by atoms with Gasteiger partial charge in [-0.2, -0.15) is 0 Å². The molecule has 1 atom stereocenters. The van der Waals surface area contributed by atoms with E-state index in [-0.39, 0.29) is 13.2 Å². The quantitative estimate of drug-likeness (QED) is 0.312. The van der Waals surface area contributed by atoms with Gasteiger partial charge in [-0.25, -0.2) is 20.5 Å². The molecule has 0 aromatic carbocycles. The predicted octanol–water partition coefficient (Wildman–Crippen LogP) is 2.49. The van der Waals surface area contributed by atoms with Gasteiger partial charge < -0.3 is 15.0 Å². The number of nitrogens with one attached hydrogen (secondary N) is 3. The fourth-order valence-corrected chi connectivity index (χ4v) is 2.30. The Balaban J connectivity index is 4.45. The van der Waals surface area contributed by atoms with Crippen molar-refractivity contribution in [3.63, 3.8) is 0 Å². The number of likely N-dealkylation sites (N-methyl/N-ethyl adjacent to an activating group) is 1. The number of hydrogen-bond acceptors (Lipinski definition) is 6. The molecule has 0 aliphatic carbocycles. The van der Waals surface area contributed by atoms with Crippen LogP contribution in [0.2, 0.25) is 0 Å². The van der Waals surface area contributed by atoms with Gasteiger partial charge >= 0.3 is 12.1 Å². The number of ether oxygens (including phenoxy) is 1. The molecule has 0 heterocycles. The molecule has 0 bridgehead atoms. The second-order valence-electron chi connectivity index (χ2n) is 7.44. The number of nitrogens with zero attached hydrogens (tertiary/aromatic N) is 1. The average molecular weight is 419 g/mol. The maximum absolute atomic E-state index is 12.5. The minimum atomic E-state index is -0.696. The molecular formula is C19H38N4O6. The molecule has 0 unspecified atom stereocenters. The van der Waals surface area contributed by atoms with E-state index in [9.17, 15) is 14.4 Å². The Kier molecular flexibility index (Phi) is 13.8. The van der Waals surface area contributed by atoms with Crippen LogP contribution in [0.1, 0.15) is 67.2 Å². The Bertz CT molecular complexity index is 496. The fourth-order valence-electron chi connectivity index (χ4n) is 2.30. The van der Waals surface area contributed by atoms with Crippen LogP contribution in [-0.2, 0) is 19.2 Å². The number of carbonyl (C=O) groups is 3. The van der Waals surface area contributed by atoms with Gasteiger partial charge in [-0.15, -0.1) is 0 Å². The molecule has 29 heavy (non-hydrogen) atoms. The van der Waals surface area contributed by atoms with Gasteiger partial charge in [0.1, 0.15) is 11.6 Å². The summed E-state index contributed by atoms with van der Waals surface area (Å²) in [5.41, 5.74) is 4.13. The summed E-state index contributed by atoms with van der Waals surface area (Å²) in [5, 5.41) is 2.52. The lowest BCUT2D eigenvalue weighted by molar-refractivity contribution is -0.138. The molecule has 4 amide bonds. The highest BCUT2D eigenvalue weighted by atomic mass is 16.7. The monoisotopic (exact) mass is 418 g/mol. The highest BCUT2D eigenvalue weighted by molar-refractivity contribution is 5.86. The second kappa shape index (κ2) is 14.9. The van der Waals surface area contributed by atoms with Crippen LogP contribution < -0.4 is 16.3 Å². The maximum atomic E-state index is 12.5. The first-order valence-corrected chi connectivity index (χ1v) is 10.2. The third kappa shape index (κ3) is 12.9. The zero-order valence-electron chi connectivity index (χ0n) is 18.6. The van der Waals surface area contributed by atoms with Crippen LogP contribution >= 0.6 is 0 Å². The third-order valence-corrected chi connectivity index (χ3v) is 3.65. The lowest BCUT2D eigenvalue weighted by atomic mass is 10.1. The van der Waals surface area contributed by atoms with Crippen molar-refractivity contribution in [1.29, 1.82) is 0 Å². The van der Waals surface area contributed by atoms with E-state index in [0.29, 0.717) is 26.0 Å². The number of hydroxylamine groups is 2. The van der Waals surface area contributed by atoms with Crippen LogP contribution in [0, 0.1) is 0 Å². The molecule has 0 aromatic rings. The molecule has 0 saturated heterocycles. The van der Waals surface area contributed by atoms with Gasteiger partial charge in [0, 0.05) is 13.1 Å². The summed E-state index contributed by atoms with van der Waals surface area (Å²) in [4.78, 5) is 48.0. The normalized spacial score (nSPS) is 12.1. The van der Waals surface area contributed by atoms with Gasteiger partial charge in [-0.05, 0) is 40.5 Å². The molecule has 0 rings (SSSR count). The summed E-state index contributed by atoms with van der Waals surface area (Å²) in [7, 11) is 0. The number of amides is 4. The lowest BCUT2D eigenvalue weighted by Gasteiger charge is -2.29. The first-order chi connectivity index (χ1) is 13.7. The lowest BCUT2D eigenvalue weighted by Crippen LogP contribution is -2.52. The number of carbonyl (C=O) groups excluding carboxylic acids is 3. The minimum absolute atomic E-state index is 0.0578. The van der Waals surface area contributed by atoms with E-state index in [0.717, 1.165) is 12.8 Å². The molecule has 10 heteroatoms. The van der Waals surface area contributed by atoms with E-state index in [1.807, 2.05) is 13.8 Å². The second-order valence-corrected chi connectivity index (χ2v) is 7.44. The fraction of sp³-hybridized carbons (Fsp3) is 0.842. The summed E-state index contributed by atoms with van der Waals surface area (Å²) < 4.78 is 5.10. The molecular weight excluding hydrogens is 380 g/mol. The van der Waals surface area contributed by atoms with E-state index in [1.54, 1.807) is 27.7 Å². The Labute approximate surface area is 173 Å². The first kappa shape index (κ1) is 26.9. The Hall–Kier alpha value is -2.07. The van der Waals surface area contributed by atoms with Gasteiger partial charge in [0.25, 0.3) is 5.91 Å². The summed E-state index contributed by atoms with van der Waals surface area (Å²) >= 11 is 0. The molecule has 170 valence electrons. The van der Waals surface area contributed by atoms with Gasteiger partial charge in [-0.3, -0.25) is 14.5 Å². The summed E-state index contributed by atoms with van der Waals surface area (Å²) in [6.07, 6.45) is 2.40. The summed E-state index contributed by atoms with van der Waals surface area (Å²) in [6, 6.07) is -1.16. The van der Waals surface area contributed by atoms with Crippen molar-refractivity contribution in [1.82, 2.24) is 21.2 Å². The molecule has 3 N–H and O–H groups in total. The van der Waals surface area contributed by atoms with Crippen LogP contribution in [0.15, 0.2) is 0 Å². The van der Waals surface area contributed by atoms with Crippen molar-refractivity contribution in [3.05, 3.63) is 0 Å². The van der Waals surface area contributed by atoms with Crippen LogP contribution in [0.4, 0.5) is 9.59 Å². The molecule has 0 saturated carbocycles. The zero-order valence-corrected chi connectivity index (χ0v) is 18.6. The molecule has 10 nitrogen and oxygen atoms in total. The van der Waals surface area contributed by atoms with E-state index in [2.05, 4.69) is 16.3 Å². The van der Waals surface area contributed by atoms with Crippen molar-refractivity contribution in [2.24, 2.45) is 0 Å². The van der Waals surface area contributed by atoms with Gasteiger partial charge in [0.2, 0.25) is 0 Å². The number of rotatable bonds is 13. The topological polar surface area (TPSA) is 118 Å². The Morgan fingerprint density at radius 2 is 1.62 bits per heavy atom. The van der Waals surface area contributed by atoms with E-state index in [1.165, 1.54) is 4.90 Å². The molecule has 0 radical (unpaired) electrons. The van der Waals surface area contributed by atoms with Gasteiger partial charge in [0.05, 0.1) is 13.2 Å². The molecule has 0 fully saturated rings. The molecule has 0 aliphatic heterocycles. The Morgan fingerprint density at radius 1 is 0.966 bits per heavy atom. The van der Waals surface area contributed by atoms with E-state index < -0.39 is 29.7 Å². The number of urea groups is 1. The molecule has 0 aromatic heterocycles. The average Bonchev–Trinajstić information content (AvgIpc) is 2.63. The standard InChI is InChI=1S/C19H38N4O6/c1-7-10-13-27-22-17(25)23(9-3)15(11-8-2)16(24)21-28-14-12-20-18(26)29-19(4,5)6/h15H,7-14H2,1-6H3,(H,20,26)(H,21,24)(H,22,25)/t15-/m0/s1. The minimum Gasteiger partial charge on any atom is -0.444 e. The number of unbranched alkanes of at least 4 members (excludes halogenated alkanes) is 1. The predicted molar refractivity (Wildman–Crippen MR) is 109 cm³/mol. The largest absolute Gasteiger partial charge is 0.444 e. The van der Waals surface area contributed by atoms with Crippen LogP contribution in [0.25, 0.3) is 0 Å². The summed E-state index contributed by atoms with van der Waals surface area (Å²) in [6.45, 7) is 12.0. The number of hydrogen-bond donors (Lipinski definition) is 3. The van der Waals surface area contributed by atoms with Gasteiger partial charge in [0.15, 0.2) is 0 Å². The zero-order chi connectivity index (χ0) is 22.3. The van der Waals surface area contributed by atoms with Crippen molar-refractivity contribution < 1.29 is 28.8 Å². The highest BCUT2D eigenvalue weighted by Crippen LogP contribution is 2.09. The molecule has 0 spiro atoms. The number of alkyl carbamates (subject to hydrolysis) is 1. The SMILES string of the molecule is CCCCONC(=O)N(CC)[C@@H](CCC)C(=O)NOCCNC(=O)OC(C)(C)C. The van der Waals surface area contributed by atoms with Crippen LogP contribution in [0.5, 0.6) is 0 Å². The summed E-state index contributed by atoms with van der Waals surface area (Å²) in [5.74, 6) is -0.435. The van der Waals surface area contributed by atoms with Crippen molar-refractivity contribution >= 4 is 18.0 Å². The third-order valence-electron chi connectivity index (χ3n) is 3.65. The van der Waals surface area contributed by atoms with Crippen molar-refractivity contribution in [2.45, 2.75) is 78.9 Å². The molecule has 0 aliphatic rings.